The van der Waals surface area contributed by atoms with Gasteiger partial charge in [-0.1, -0.05) is 31.9 Å². The molecule has 26 heavy (non-hydrogen) atoms. The second-order valence-electron chi connectivity index (χ2n) is 6.60. The van der Waals surface area contributed by atoms with Gasteiger partial charge in [-0.25, -0.2) is 4.39 Å². The predicted molar refractivity (Wildman–Crippen MR) is 104 cm³/mol. The van der Waals surface area contributed by atoms with E-state index in [1.54, 1.807) is 12.1 Å². The highest BCUT2D eigenvalue weighted by Gasteiger charge is 2.20. The second kappa shape index (κ2) is 7.99. The van der Waals surface area contributed by atoms with Gasteiger partial charge in [-0.05, 0) is 37.1 Å². The van der Waals surface area contributed by atoms with Gasteiger partial charge in [0.2, 0.25) is 0 Å². The van der Waals surface area contributed by atoms with Gasteiger partial charge in [0.25, 0.3) is 5.91 Å². The fraction of sp³-hybridized carbons (Fsp3) is 0.400. The number of aryl methyl sites for hydroxylation is 2. The summed E-state index contributed by atoms with van der Waals surface area (Å²) >= 11 is 1.48. The molecule has 1 aromatic carbocycles. The summed E-state index contributed by atoms with van der Waals surface area (Å²) in [5.74, 6) is -0.226. The number of benzene rings is 1. The maximum absolute atomic E-state index is 13.2. The molecule has 0 unspecified atom stereocenters. The third kappa shape index (κ3) is 3.96. The highest BCUT2D eigenvalue weighted by atomic mass is 32.1. The van der Waals surface area contributed by atoms with E-state index in [-0.39, 0.29) is 11.7 Å². The molecule has 0 N–H and O–H groups in total. The van der Waals surface area contributed by atoms with E-state index in [2.05, 4.69) is 12.0 Å². The lowest BCUT2D eigenvalue weighted by atomic mass is 10.1. The van der Waals surface area contributed by atoms with Crippen LogP contribution in [0.4, 0.5) is 4.39 Å². The van der Waals surface area contributed by atoms with E-state index in [4.69, 9.17) is 0 Å². The minimum atomic E-state index is -0.259. The standard InChI is InChI=1S/C20H24FN3OS/c1-4-5-6-11-24(13-15-7-9-16(21)10-8-15)19(25)18-12-17-14(2)22-23(3)20(17)26-18/h7-10,12H,4-6,11,13H2,1-3H3. The molecule has 0 spiro atoms. The Balaban J connectivity index is 1.84. The normalized spacial score (nSPS) is 11.2. The zero-order valence-corrected chi connectivity index (χ0v) is 16.3. The van der Waals surface area contributed by atoms with Gasteiger partial charge in [0.1, 0.15) is 10.6 Å². The lowest BCUT2D eigenvalue weighted by Gasteiger charge is -2.22. The number of hydrogen-bond acceptors (Lipinski definition) is 3. The van der Waals surface area contributed by atoms with Gasteiger partial charge in [-0.2, -0.15) is 5.10 Å². The lowest BCUT2D eigenvalue weighted by molar-refractivity contribution is 0.0745. The first-order valence-corrected chi connectivity index (χ1v) is 9.78. The predicted octanol–water partition coefficient (Wildman–Crippen LogP) is 4.91. The third-order valence-electron chi connectivity index (χ3n) is 4.51. The minimum absolute atomic E-state index is 0.0334. The van der Waals surface area contributed by atoms with Crippen molar-refractivity contribution in [3.8, 4) is 0 Å². The molecule has 2 heterocycles. The molecule has 0 aliphatic heterocycles. The van der Waals surface area contributed by atoms with E-state index < -0.39 is 0 Å². The smallest absolute Gasteiger partial charge is 0.264 e. The maximum Gasteiger partial charge on any atom is 0.264 e. The number of aromatic nitrogens is 2. The summed E-state index contributed by atoms with van der Waals surface area (Å²) in [6, 6.07) is 8.32. The fourth-order valence-corrected chi connectivity index (χ4v) is 4.17. The molecule has 0 aliphatic rings. The Morgan fingerprint density at radius 1 is 1.27 bits per heavy atom. The number of halogens is 1. The Morgan fingerprint density at radius 2 is 2.00 bits per heavy atom. The van der Waals surface area contributed by atoms with Gasteiger partial charge in [0, 0.05) is 25.5 Å². The number of thiophene rings is 1. The van der Waals surface area contributed by atoms with Gasteiger partial charge in [-0.15, -0.1) is 11.3 Å². The largest absolute Gasteiger partial charge is 0.334 e. The molecule has 3 rings (SSSR count). The quantitative estimate of drug-likeness (QED) is 0.552. The Kier molecular flexibility index (Phi) is 5.71. The lowest BCUT2D eigenvalue weighted by Crippen LogP contribution is -2.31. The summed E-state index contributed by atoms with van der Waals surface area (Å²) in [4.78, 5) is 16.8. The minimum Gasteiger partial charge on any atom is -0.334 e. The Labute approximate surface area is 157 Å². The average molecular weight is 373 g/mol. The summed E-state index contributed by atoms with van der Waals surface area (Å²) in [5.41, 5.74) is 1.88. The molecule has 0 aliphatic carbocycles. The Hall–Kier alpha value is -2.21. The van der Waals surface area contributed by atoms with E-state index in [0.717, 1.165) is 45.6 Å². The molecule has 1 amide bonds. The van der Waals surface area contributed by atoms with Crippen LogP contribution in [0.5, 0.6) is 0 Å². The first-order valence-electron chi connectivity index (χ1n) is 8.96. The van der Waals surface area contributed by atoms with Crippen LogP contribution in [0.2, 0.25) is 0 Å². The van der Waals surface area contributed by atoms with Crippen LogP contribution in [0.25, 0.3) is 10.2 Å². The first kappa shape index (κ1) is 18.6. The number of carbonyl (C=O) groups excluding carboxylic acids is 1. The van der Waals surface area contributed by atoms with Crippen molar-refractivity contribution in [2.75, 3.05) is 6.54 Å². The van der Waals surface area contributed by atoms with Crippen molar-refractivity contribution in [2.45, 2.75) is 39.7 Å². The first-order chi connectivity index (χ1) is 12.5. The van der Waals surface area contributed by atoms with Gasteiger partial charge in [-0.3, -0.25) is 9.48 Å². The van der Waals surface area contributed by atoms with Crippen LogP contribution in [0.3, 0.4) is 0 Å². The van der Waals surface area contributed by atoms with E-state index in [0.29, 0.717) is 13.1 Å². The summed E-state index contributed by atoms with van der Waals surface area (Å²) < 4.78 is 15.0. The van der Waals surface area contributed by atoms with E-state index in [1.807, 2.05) is 29.6 Å². The number of amides is 1. The molecule has 0 bridgehead atoms. The molecule has 0 fully saturated rings. The molecular formula is C20H24FN3OS. The van der Waals surface area contributed by atoms with Crippen LogP contribution >= 0.6 is 11.3 Å². The molecule has 0 saturated heterocycles. The second-order valence-corrected chi connectivity index (χ2v) is 7.63. The van der Waals surface area contributed by atoms with Crippen LogP contribution in [0.15, 0.2) is 30.3 Å². The number of hydrogen-bond donors (Lipinski definition) is 0. The molecule has 0 saturated carbocycles. The van der Waals surface area contributed by atoms with Crippen LogP contribution < -0.4 is 0 Å². The van der Waals surface area contributed by atoms with E-state index >= 15 is 0 Å². The summed E-state index contributed by atoms with van der Waals surface area (Å²) in [5, 5.41) is 5.44. The van der Waals surface area contributed by atoms with Crippen molar-refractivity contribution in [3.05, 3.63) is 52.3 Å². The molecule has 0 atom stereocenters. The van der Waals surface area contributed by atoms with Crippen molar-refractivity contribution in [1.82, 2.24) is 14.7 Å². The number of fused-ring (bicyclic) bond motifs is 1. The van der Waals surface area contributed by atoms with E-state index in [1.165, 1.54) is 23.5 Å². The number of nitrogens with zero attached hydrogens (tertiary/aromatic N) is 3. The van der Waals surface area contributed by atoms with Crippen molar-refractivity contribution in [2.24, 2.45) is 7.05 Å². The van der Waals surface area contributed by atoms with Crippen LogP contribution in [0, 0.1) is 12.7 Å². The topological polar surface area (TPSA) is 38.1 Å². The monoisotopic (exact) mass is 373 g/mol. The third-order valence-corrected chi connectivity index (χ3v) is 5.70. The van der Waals surface area contributed by atoms with Gasteiger partial charge >= 0.3 is 0 Å². The van der Waals surface area contributed by atoms with Gasteiger partial charge in [0.05, 0.1) is 10.6 Å². The summed E-state index contributed by atoms with van der Waals surface area (Å²) in [6.07, 6.45) is 3.16. The Bertz CT molecular complexity index is 863. The fourth-order valence-electron chi connectivity index (χ4n) is 3.08. The molecule has 2 aromatic heterocycles. The molecule has 0 radical (unpaired) electrons. The van der Waals surface area contributed by atoms with E-state index in [9.17, 15) is 9.18 Å². The molecule has 138 valence electrons. The number of unbranched alkanes of at least 4 members (excludes halogenated alkanes) is 2. The maximum atomic E-state index is 13.2. The van der Waals surface area contributed by atoms with Crippen molar-refractivity contribution >= 4 is 27.5 Å². The molecule has 4 nitrogen and oxygen atoms in total. The molecule has 6 heteroatoms. The molecule has 3 aromatic rings. The summed E-state index contributed by atoms with van der Waals surface area (Å²) in [6.45, 7) is 5.30. The van der Waals surface area contributed by atoms with Crippen LogP contribution in [-0.4, -0.2) is 27.1 Å². The SMILES string of the molecule is CCCCCN(Cc1ccc(F)cc1)C(=O)c1cc2c(C)nn(C)c2s1. The zero-order valence-electron chi connectivity index (χ0n) is 15.5. The van der Waals surface area contributed by atoms with Crippen molar-refractivity contribution in [1.29, 1.82) is 0 Å². The van der Waals surface area contributed by atoms with Crippen LogP contribution in [0.1, 0.15) is 47.1 Å². The van der Waals surface area contributed by atoms with Crippen molar-refractivity contribution < 1.29 is 9.18 Å². The number of rotatable bonds is 7. The average Bonchev–Trinajstić information content (AvgIpc) is 3.17. The van der Waals surface area contributed by atoms with Gasteiger partial charge < -0.3 is 4.90 Å². The zero-order chi connectivity index (χ0) is 18.7. The highest BCUT2D eigenvalue weighted by molar-refractivity contribution is 7.20. The Morgan fingerprint density at radius 3 is 2.65 bits per heavy atom. The number of carbonyl (C=O) groups is 1. The van der Waals surface area contributed by atoms with Crippen molar-refractivity contribution in [3.63, 3.8) is 0 Å². The summed E-state index contributed by atoms with van der Waals surface area (Å²) in [7, 11) is 1.90. The van der Waals surface area contributed by atoms with Gasteiger partial charge in [0.15, 0.2) is 0 Å². The molecular weight excluding hydrogens is 349 g/mol. The highest BCUT2D eigenvalue weighted by Crippen LogP contribution is 2.29. The van der Waals surface area contributed by atoms with Crippen LogP contribution in [-0.2, 0) is 13.6 Å².